The average Bonchev–Trinajstić information content (AvgIpc) is 2.29. The SMILES string of the molecule is CCOc1cc(C#N)ccc1OC(=O)OC(C)(C)C. The summed E-state index contributed by atoms with van der Waals surface area (Å²) < 4.78 is 15.5. The fourth-order valence-corrected chi connectivity index (χ4v) is 1.29. The van der Waals surface area contributed by atoms with Gasteiger partial charge in [-0.05, 0) is 39.8 Å². The molecule has 1 aromatic rings. The Morgan fingerprint density at radius 3 is 2.53 bits per heavy atom. The Balaban J connectivity index is 2.88. The van der Waals surface area contributed by atoms with Gasteiger partial charge in [0.25, 0.3) is 0 Å². The van der Waals surface area contributed by atoms with Gasteiger partial charge in [-0.15, -0.1) is 0 Å². The van der Waals surface area contributed by atoms with Gasteiger partial charge in [-0.1, -0.05) is 0 Å². The van der Waals surface area contributed by atoms with Crippen LogP contribution in [0.2, 0.25) is 0 Å². The molecule has 5 nitrogen and oxygen atoms in total. The third kappa shape index (κ3) is 4.88. The smallest absolute Gasteiger partial charge is 0.490 e. The van der Waals surface area contributed by atoms with Crippen molar-refractivity contribution in [1.29, 1.82) is 5.26 Å². The highest BCUT2D eigenvalue weighted by molar-refractivity contribution is 5.66. The van der Waals surface area contributed by atoms with E-state index in [0.29, 0.717) is 17.9 Å². The average molecular weight is 263 g/mol. The first-order valence-electron chi connectivity index (χ1n) is 5.93. The number of benzene rings is 1. The second-order valence-electron chi connectivity index (χ2n) is 4.77. The monoisotopic (exact) mass is 263 g/mol. The van der Waals surface area contributed by atoms with Crippen LogP contribution >= 0.6 is 0 Å². The van der Waals surface area contributed by atoms with Gasteiger partial charge in [0.2, 0.25) is 0 Å². The van der Waals surface area contributed by atoms with Crippen molar-refractivity contribution in [2.75, 3.05) is 6.61 Å². The van der Waals surface area contributed by atoms with Crippen LogP contribution in [0, 0.1) is 11.3 Å². The summed E-state index contributed by atoms with van der Waals surface area (Å²) >= 11 is 0. The van der Waals surface area contributed by atoms with Crippen molar-refractivity contribution in [3.63, 3.8) is 0 Å². The van der Waals surface area contributed by atoms with Gasteiger partial charge in [0, 0.05) is 6.07 Å². The number of ether oxygens (including phenoxy) is 3. The summed E-state index contributed by atoms with van der Waals surface area (Å²) in [5.74, 6) is 0.572. The van der Waals surface area contributed by atoms with E-state index in [1.165, 1.54) is 12.1 Å². The number of nitrogens with zero attached hydrogens (tertiary/aromatic N) is 1. The largest absolute Gasteiger partial charge is 0.514 e. The quantitative estimate of drug-likeness (QED) is 0.618. The van der Waals surface area contributed by atoms with Crippen LogP contribution in [0.1, 0.15) is 33.3 Å². The summed E-state index contributed by atoms with van der Waals surface area (Å²) in [7, 11) is 0. The molecule has 0 aliphatic rings. The van der Waals surface area contributed by atoms with Crippen molar-refractivity contribution < 1.29 is 19.0 Å². The van der Waals surface area contributed by atoms with E-state index >= 15 is 0 Å². The molecule has 0 spiro atoms. The van der Waals surface area contributed by atoms with Gasteiger partial charge in [-0.3, -0.25) is 0 Å². The van der Waals surface area contributed by atoms with Crippen molar-refractivity contribution in [2.45, 2.75) is 33.3 Å². The predicted molar refractivity (Wildman–Crippen MR) is 69.2 cm³/mol. The van der Waals surface area contributed by atoms with Crippen LogP contribution in [0.25, 0.3) is 0 Å². The molecule has 0 aliphatic carbocycles. The lowest BCUT2D eigenvalue weighted by Gasteiger charge is -2.19. The molecular formula is C14H17NO4. The number of carbonyl (C=O) groups is 1. The molecule has 0 bridgehead atoms. The molecule has 19 heavy (non-hydrogen) atoms. The third-order valence-electron chi connectivity index (χ3n) is 1.96. The lowest BCUT2D eigenvalue weighted by molar-refractivity contribution is 0.0200. The summed E-state index contributed by atoms with van der Waals surface area (Å²) in [6.45, 7) is 7.44. The zero-order chi connectivity index (χ0) is 14.5. The first-order chi connectivity index (χ1) is 8.85. The molecular weight excluding hydrogens is 246 g/mol. The van der Waals surface area contributed by atoms with E-state index < -0.39 is 11.8 Å². The molecule has 0 fully saturated rings. The fraction of sp³-hybridized carbons (Fsp3) is 0.429. The highest BCUT2D eigenvalue weighted by atomic mass is 16.7. The van der Waals surface area contributed by atoms with Crippen molar-refractivity contribution in [3.05, 3.63) is 23.8 Å². The van der Waals surface area contributed by atoms with Gasteiger partial charge in [-0.25, -0.2) is 4.79 Å². The molecule has 1 aromatic carbocycles. The fourth-order valence-electron chi connectivity index (χ4n) is 1.29. The molecule has 0 atom stereocenters. The van der Waals surface area contributed by atoms with Crippen LogP contribution in [0.4, 0.5) is 4.79 Å². The number of nitriles is 1. The van der Waals surface area contributed by atoms with E-state index in [9.17, 15) is 4.79 Å². The summed E-state index contributed by atoms with van der Waals surface area (Å²) in [5, 5.41) is 8.82. The highest BCUT2D eigenvalue weighted by Crippen LogP contribution is 2.29. The van der Waals surface area contributed by atoms with Gasteiger partial charge in [-0.2, -0.15) is 5.26 Å². The minimum Gasteiger partial charge on any atom is -0.490 e. The van der Waals surface area contributed by atoms with Crippen LogP contribution in [0.15, 0.2) is 18.2 Å². The number of rotatable bonds is 3. The molecule has 5 heteroatoms. The normalized spacial score (nSPS) is 10.5. The Kier molecular flexibility index (Phi) is 4.76. The van der Waals surface area contributed by atoms with Crippen LogP contribution in [0.5, 0.6) is 11.5 Å². The molecule has 0 saturated heterocycles. The predicted octanol–water partition coefficient (Wildman–Crippen LogP) is 3.27. The summed E-state index contributed by atoms with van der Waals surface area (Å²) in [6, 6.07) is 6.56. The zero-order valence-corrected chi connectivity index (χ0v) is 11.5. The third-order valence-corrected chi connectivity index (χ3v) is 1.96. The maximum Gasteiger partial charge on any atom is 0.514 e. The molecule has 0 heterocycles. The van der Waals surface area contributed by atoms with Gasteiger partial charge in [0.1, 0.15) is 5.60 Å². The highest BCUT2D eigenvalue weighted by Gasteiger charge is 2.19. The van der Waals surface area contributed by atoms with Crippen LogP contribution in [-0.2, 0) is 4.74 Å². The molecule has 0 aromatic heterocycles. The van der Waals surface area contributed by atoms with Gasteiger partial charge < -0.3 is 14.2 Å². The summed E-state index contributed by atoms with van der Waals surface area (Å²) in [5.41, 5.74) is -0.199. The Bertz CT molecular complexity index is 497. The van der Waals surface area contributed by atoms with Gasteiger partial charge in [0.05, 0.1) is 18.2 Å². The van der Waals surface area contributed by atoms with E-state index in [2.05, 4.69) is 0 Å². The molecule has 0 saturated carbocycles. The second kappa shape index (κ2) is 6.10. The minimum atomic E-state index is -0.807. The first-order valence-corrected chi connectivity index (χ1v) is 5.93. The standard InChI is InChI=1S/C14H17NO4/c1-5-17-12-8-10(9-15)6-7-11(12)18-13(16)19-14(2,3)4/h6-8H,5H2,1-4H3. The van der Waals surface area contributed by atoms with E-state index in [-0.39, 0.29) is 5.75 Å². The Morgan fingerprint density at radius 1 is 1.32 bits per heavy atom. The number of carbonyl (C=O) groups excluding carboxylic acids is 1. The minimum absolute atomic E-state index is 0.232. The number of hydrogen-bond acceptors (Lipinski definition) is 5. The Labute approximate surface area is 112 Å². The van der Waals surface area contributed by atoms with Crippen LogP contribution in [0.3, 0.4) is 0 Å². The van der Waals surface area contributed by atoms with Gasteiger partial charge in [0.15, 0.2) is 11.5 Å². The first kappa shape index (κ1) is 14.8. The molecule has 0 amide bonds. The second-order valence-corrected chi connectivity index (χ2v) is 4.77. The van der Waals surface area contributed by atoms with Crippen molar-refractivity contribution >= 4 is 6.16 Å². The van der Waals surface area contributed by atoms with Gasteiger partial charge >= 0.3 is 6.16 Å². The van der Waals surface area contributed by atoms with E-state index in [1.54, 1.807) is 33.8 Å². The van der Waals surface area contributed by atoms with Crippen molar-refractivity contribution in [2.24, 2.45) is 0 Å². The molecule has 0 radical (unpaired) electrons. The van der Waals surface area contributed by atoms with Crippen LogP contribution < -0.4 is 9.47 Å². The molecule has 102 valence electrons. The molecule has 0 N–H and O–H groups in total. The molecule has 1 rings (SSSR count). The summed E-state index contributed by atoms with van der Waals surface area (Å²) in [6.07, 6.45) is -0.807. The Morgan fingerprint density at radius 2 is 2.00 bits per heavy atom. The molecule has 0 aliphatic heterocycles. The number of hydrogen-bond donors (Lipinski definition) is 0. The van der Waals surface area contributed by atoms with Crippen molar-refractivity contribution in [1.82, 2.24) is 0 Å². The molecule has 0 unspecified atom stereocenters. The van der Waals surface area contributed by atoms with E-state index in [4.69, 9.17) is 19.5 Å². The maximum atomic E-state index is 11.6. The van der Waals surface area contributed by atoms with E-state index in [1.807, 2.05) is 6.07 Å². The Hall–Kier alpha value is -2.22. The zero-order valence-electron chi connectivity index (χ0n) is 11.5. The summed E-state index contributed by atoms with van der Waals surface area (Å²) in [4.78, 5) is 11.6. The lowest BCUT2D eigenvalue weighted by Crippen LogP contribution is -2.26. The van der Waals surface area contributed by atoms with E-state index in [0.717, 1.165) is 0 Å². The lowest BCUT2D eigenvalue weighted by atomic mass is 10.2. The maximum absolute atomic E-state index is 11.6. The van der Waals surface area contributed by atoms with Crippen LogP contribution in [-0.4, -0.2) is 18.4 Å². The van der Waals surface area contributed by atoms with Crippen molar-refractivity contribution in [3.8, 4) is 17.6 Å². The topological polar surface area (TPSA) is 68.5 Å².